The minimum atomic E-state index is -0.346. The van der Waals surface area contributed by atoms with E-state index in [0.717, 1.165) is 0 Å². The van der Waals surface area contributed by atoms with Crippen LogP contribution in [0.3, 0.4) is 0 Å². The van der Waals surface area contributed by atoms with Crippen LogP contribution in [0.1, 0.15) is 10.5 Å². The van der Waals surface area contributed by atoms with Crippen molar-refractivity contribution >= 4 is 40.5 Å². The van der Waals surface area contributed by atoms with E-state index < -0.39 is 0 Å². The second-order valence-electron chi connectivity index (χ2n) is 6.07. The van der Waals surface area contributed by atoms with Gasteiger partial charge in [0.15, 0.2) is 11.5 Å². The highest BCUT2D eigenvalue weighted by molar-refractivity contribution is 6.30. The van der Waals surface area contributed by atoms with Crippen LogP contribution in [0.25, 0.3) is 5.78 Å². The lowest BCUT2D eigenvalue weighted by Crippen LogP contribution is -2.28. The number of hydrogen-bond donors (Lipinski definition) is 1. The first-order chi connectivity index (χ1) is 13.5. The van der Waals surface area contributed by atoms with Crippen molar-refractivity contribution in [1.82, 2.24) is 14.4 Å². The number of carbonyl (C=O) groups excluding carboxylic acids is 1. The van der Waals surface area contributed by atoms with E-state index in [4.69, 9.17) is 11.6 Å². The molecule has 2 aromatic heterocycles. The maximum Gasteiger partial charge on any atom is 0.278 e. The maximum atomic E-state index is 13.3. The van der Waals surface area contributed by atoms with Crippen molar-refractivity contribution in [3.8, 4) is 0 Å². The van der Waals surface area contributed by atoms with Crippen molar-refractivity contribution in [2.45, 2.75) is 0 Å². The number of benzene rings is 2. The fraction of sp³-hybridized carbons (Fsp3) is 0.0500. The van der Waals surface area contributed by atoms with Crippen LogP contribution in [0.5, 0.6) is 0 Å². The molecule has 140 valence electrons. The summed E-state index contributed by atoms with van der Waals surface area (Å²) in [4.78, 5) is 23.4. The third kappa shape index (κ3) is 3.39. The number of rotatable bonds is 4. The Morgan fingerprint density at radius 2 is 1.86 bits per heavy atom. The Bertz CT molecular complexity index is 1140. The molecule has 4 aromatic rings. The maximum absolute atomic E-state index is 13.3. The lowest BCUT2D eigenvalue weighted by atomic mass is 10.2. The van der Waals surface area contributed by atoms with Crippen molar-refractivity contribution in [3.05, 3.63) is 83.5 Å². The molecule has 0 radical (unpaired) electrons. The van der Waals surface area contributed by atoms with E-state index in [1.165, 1.54) is 17.0 Å². The van der Waals surface area contributed by atoms with E-state index in [-0.39, 0.29) is 11.7 Å². The lowest BCUT2D eigenvalue weighted by Gasteiger charge is -2.18. The second-order valence-corrected chi connectivity index (χ2v) is 6.51. The summed E-state index contributed by atoms with van der Waals surface area (Å²) < 4.78 is 14.8. The fourth-order valence-electron chi connectivity index (χ4n) is 2.79. The Morgan fingerprint density at radius 1 is 1.14 bits per heavy atom. The van der Waals surface area contributed by atoms with Crippen LogP contribution in [-0.2, 0) is 0 Å². The zero-order valence-electron chi connectivity index (χ0n) is 14.8. The molecular formula is C20H15ClFN5O. The number of halogens is 2. The third-order valence-corrected chi connectivity index (χ3v) is 4.48. The molecule has 4 rings (SSSR count). The smallest absolute Gasteiger partial charge is 0.278 e. The summed E-state index contributed by atoms with van der Waals surface area (Å²) in [5.74, 6) is 0.0736. The van der Waals surface area contributed by atoms with Crippen molar-refractivity contribution in [3.63, 3.8) is 0 Å². The molecular weight excluding hydrogens is 381 g/mol. The van der Waals surface area contributed by atoms with Gasteiger partial charge in [0.2, 0.25) is 5.78 Å². The largest absolute Gasteiger partial charge is 0.338 e. The zero-order valence-corrected chi connectivity index (χ0v) is 15.6. The SMILES string of the molecule is CN(C(=O)c1c(Nc2ccc(F)cc2)nc2ncccn12)c1ccc(Cl)cc1. The minimum absolute atomic E-state index is 0.285. The number of amides is 1. The summed E-state index contributed by atoms with van der Waals surface area (Å²) in [7, 11) is 1.67. The average molecular weight is 396 g/mol. The number of hydrogen-bond acceptors (Lipinski definition) is 4. The van der Waals surface area contributed by atoms with Gasteiger partial charge in [0.1, 0.15) is 5.82 Å². The standard InChI is InChI=1S/C20H15ClFN5O/c1-26(16-9-3-13(21)4-10-16)19(28)17-18(24-15-7-5-14(22)6-8-15)25-20-23-11-2-12-27(17)20/h2-12,24H,1H3. The molecule has 2 aromatic carbocycles. The predicted octanol–water partition coefficient (Wildman–Crippen LogP) is 4.54. The molecule has 0 saturated heterocycles. The van der Waals surface area contributed by atoms with Gasteiger partial charge in [-0.3, -0.25) is 9.20 Å². The van der Waals surface area contributed by atoms with Crippen LogP contribution < -0.4 is 10.2 Å². The summed E-state index contributed by atoms with van der Waals surface area (Å²) in [6, 6.07) is 14.5. The van der Waals surface area contributed by atoms with Crippen LogP contribution in [0.15, 0.2) is 67.0 Å². The zero-order chi connectivity index (χ0) is 19.7. The Morgan fingerprint density at radius 3 is 2.57 bits per heavy atom. The van der Waals surface area contributed by atoms with Gasteiger partial charge in [-0.05, 0) is 54.6 Å². The van der Waals surface area contributed by atoms with Gasteiger partial charge in [-0.2, -0.15) is 4.98 Å². The Kier molecular flexibility index (Phi) is 4.67. The van der Waals surface area contributed by atoms with E-state index in [2.05, 4.69) is 15.3 Å². The summed E-state index contributed by atoms with van der Waals surface area (Å²) in [6.45, 7) is 0. The molecule has 0 saturated carbocycles. The first-order valence-corrected chi connectivity index (χ1v) is 8.80. The Hall–Kier alpha value is -3.45. The Labute approximate surface area is 165 Å². The molecule has 0 bridgehead atoms. The molecule has 0 spiro atoms. The topological polar surface area (TPSA) is 62.5 Å². The van der Waals surface area contributed by atoms with Crippen molar-refractivity contribution < 1.29 is 9.18 Å². The first-order valence-electron chi connectivity index (χ1n) is 8.42. The molecule has 0 aliphatic rings. The molecule has 0 aliphatic heterocycles. The van der Waals surface area contributed by atoms with Crippen LogP contribution in [-0.4, -0.2) is 27.3 Å². The Balaban J connectivity index is 1.76. The summed E-state index contributed by atoms with van der Waals surface area (Å²) in [5.41, 5.74) is 1.60. The molecule has 0 aliphatic carbocycles. The van der Waals surface area contributed by atoms with E-state index in [1.54, 1.807) is 66.3 Å². The van der Waals surface area contributed by atoms with Crippen molar-refractivity contribution in [2.24, 2.45) is 0 Å². The quantitative estimate of drug-likeness (QED) is 0.551. The summed E-state index contributed by atoms with van der Waals surface area (Å²) >= 11 is 5.94. The molecule has 1 N–H and O–H groups in total. The van der Waals surface area contributed by atoms with E-state index in [0.29, 0.717) is 33.7 Å². The number of fused-ring (bicyclic) bond motifs is 1. The third-order valence-electron chi connectivity index (χ3n) is 4.23. The highest BCUT2D eigenvalue weighted by Gasteiger charge is 2.24. The molecule has 0 fully saturated rings. The molecule has 2 heterocycles. The van der Waals surface area contributed by atoms with Gasteiger partial charge in [0, 0.05) is 35.8 Å². The normalized spacial score (nSPS) is 10.8. The number of anilines is 3. The molecule has 0 unspecified atom stereocenters. The van der Waals surface area contributed by atoms with Gasteiger partial charge in [-0.1, -0.05) is 11.6 Å². The highest BCUT2D eigenvalue weighted by Crippen LogP contribution is 2.25. The van der Waals surface area contributed by atoms with Gasteiger partial charge in [-0.25, -0.2) is 9.37 Å². The molecule has 28 heavy (non-hydrogen) atoms. The number of carbonyl (C=O) groups is 1. The van der Waals surface area contributed by atoms with E-state index in [9.17, 15) is 9.18 Å². The van der Waals surface area contributed by atoms with Crippen LogP contribution >= 0.6 is 11.6 Å². The molecule has 0 atom stereocenters. The first kappa shape index (κ1) is 17.9. The van der Waals surface area contributed by atoms with Gasteiger partial charge >= 0.3 is 0 Å². The lowest BCUT2D eigenvalue weighted by molar-refractivity contribution is 0.0988. The molecule has 1 amide bonds. The number of nitrogens with zero attached hydrogens (tertiary/aromatic N) is 4. The van der Waals surface area contributed by atoms with Crippen LogP contribution in [0.4, 0.5) is 21.6 Å². The van der Waals surface area contributed by atoms with Gasteiger partial charge in [0.25, 0.3) is 5.91 Å². The second kappa shape index (κ2) is 7.28. The fourth-order valence-corrected chi connectivity index (χ4v) is 2.92. The summed E-state index contributed by atoms with van der Waals surface area (Å²) in [6.07, 6.45) is 3.31. The van der Waals surface area contributed by atoms with E-state index in [1.807, 2.05) is 0 Å². The van der Waals surface area contributed by atoms with Crippen molar-refractivity contribution in [1.29, 1.82) is 0 Å². The number of aromatic nitrogens is 3. The van der Waals surface area contributed by atoms with Gasteiger partial charge in [-0.15, -0.1) is 0 Å². The highest BCUT2D eigenvalue weighted by atomic mass is 35.5. The van der Waals surface area contributed by atoms with Crippen molar-refractivity contribution in [2.75, 3.05) is 17.3 Å². The number of nitrogens with one attached hydrogen (secondary N) is 1. The molecule has 6 nitrogen and oxygen atoms in total. The molecule has 8 heteroatoms. The average Bonchev–Trinajstić information content (AvgIpc) is 3.07. The van der Waals surface area contributed by atoms with Crippen LogP contribution in [0.2, 0.25) is 5.02 Å². The van der Waals surface area contributed by atoms with E-state index >= 15 is 0 Å². The minimum Gasteiger partial charge on any atom is -0.338 e. The van der Waals surface area contributed by atoms with Gasteiger partial charge < -0.3 is 10.2 Å². The summed E-state index contributed by atoms with van der Waals surface area (Å²) in [5, 5.41) is 3.66. The monoisotopic (exact) mass is 395 g/mol. The van der Waals surface area contributed by atoms with Gasteiger partial charge in [0.05, 0.1) is 0 Å². The predicted molar refractivity (Wildman–Crippen MR) is 107 cm³/mol. The number of imidazole rings is 1. The van der Waals surface area contributed by atoms with Crippen LogP contribution in [0, 0.1) is 5.82 Å².